The van der Waals surface area contributed by atoms with Crippen LogP contribution in [0.5, 0.6) is 11.5 Å². The molecule has 0 radical (unpaired) electrons. The van der Waals surface area contributed by atoms with Gasteiger partial charge >= 0.3 is 0 Å². The zero-order valence-corrected chi connectivity index (χ0v) is 11.4. The van der Waals surface area contributed by atoms with Crippen molar-refractivity contribution in [3.05, 3.63) is 36.2 Å². The highest BCUT2D eigenvalue weighted by atomic mass is 16.5. The summed E-state index contributed by atoms with van der Waals surface area (Å²) in [7, 11) is 3.17. The summed E-state index contributed by atoms with van der Waals surface area (Å²) < 4.78 is 10.5. The zero-order valence-electron chi connectivity index (χ0n) is 11.4. The van der Waals surface area contributed by atoms with Crippen LogP contribution in [-0.4, -0.2) is 24.2 Å². The van der Waals surface area contributed by atoms with E-state index in [-0.39, 0.29) is 0 Å². The molecule has 4 N–H and O–H groups in total. The lowest BCUT2D eigenvalue weighted by Gasteiger charge is -2.13. The average molecular weight is 275 g/mol. The number of para-hydroxylation sites is 1. The van der Waals surface area contributed by atoms with Crippen molar-refractivity contribution in [1.29, 1.82) is 0 Å². The van der Waals surface area contributed by atoms with E-state index in [1.165, 1.54) is 13.4 Å². The summed E-state index contributed by atoms with van der Waals surface area (Å²) in [6.07, 6.45) is 1.41. The van der Waals surface area contributed by atoms with E-state index in [0.717, 1.165) is 11.3 Å². The number of hydrogen-bond donors (Lipinski definition) is 3. The van der Waals surface area contributed by atoms with Crippen LogP contribution >= 0.6 is 0 Å². The van der Waals surface area contributed by atoms with Gasteiger partial charge in [-0.1, -0.05) is 18.2 Å². The molecule has 1 aromatic carbocycles. The Kier molecular flexibility index (Phi) is 4.56. The summed E-state index contributed by atoms with van der Waals surface area (Å²) in [5, 5.41) is 3.18. The van der Waals surface area contributed by atoms with Crippen LogP contribution in [0.2, 0.25) is 0 Å². The Morgan fingerprint density at radius 1 is 1.10 bits per heavy atom. The fourth-order valence-electron chi connectivity index (χ4n) is 1.82. The van der Waals surface area contributed by atoms with E-state index in [0.29, 0.717) is 23.9 Å². The van der Waals surface area contributed by atoms with Crippen LogP contribution in [0.3, 0.4) is 0 Å². The molecule has 20 heavy (non-hydrogen) atoms. The third-order valence-corrected chi connectivity index (χ3v) is 2.78. The van der Waals surface area contributed by atoms with Gasteiger partial charge in [-0.25, -0.2) is 15.8 Å². The minimum absolute atomic E-state index is 0.421. The van der Waals surface area contributed by atoms with Crippen molar-refractivity contribution in [3.8, 4) is 11.5 Å². The first kappa shape index (κ1) is 13.9. The Morgan fingerprint density at radius 3 is 2.55 bits per heavy atom. The quantitative estimate of drug-likeness (QED) is 0.541. The zero-order chi connectivity index (χ0) is 14.4. The Bertz CT molecular complexity index is 576. The van der Waals surface area contributed by atoms with Gasteiger partial charge in [0.1, 0.15) is 12.1 Å². The van der Waals surface area contributed by atoms with Gasteiger partial charge in [0.2, 0.25) is 5.75 Å². The molecule has 0 amide bonds. The fraction of sp³-hybridized carbons (Fsp3) is 0.231. The number of benzene rings is 1. The maximum Gasteiger partial charge on any atom is 0.205 e. The highest BCUT2D eigenvalue weighted by Crippen LogP contribution is 2.29. The molecular formula is C13H17N5O2. The molecule has 7 nitrogen and oxygen atoms in total. The Hall–Kier alpha value is -2.54. The van der Waals surface area contributed by atoms with Crippen LogP contribution < -0.4 is 26.1 Å². The number of nitrogens with one attached hydrogen (secondary N) is 2. The lowest BCUT2D eigenvalue weighted by atomic mass is 10.2. The second-order valence-corrected chi connectivity index (χ2v) is 3.91. The second-order valence-electron chi connectivity index (χ2n) is 3.91. The predicted octanol–water partition coefficient (Wildman–Crippen LogP) is 1.39. The monoisotopic (exact) mass is 275 g/mol. The van der Waals surface area contributed by atoms with Gasteiger partial charge in [0.05, 0.1) is 14.2 Å². The van der Waals surface area contributed by atoms with E-state index in [9.17, 15) is 0 Å². The molecular weight excluding hydrogens is 258 g/mol. The number of rotatable bonds is 6. The third kappa shape index (κ3) is 2.89. The standard InChI is InChI=1S/C13H17N5O2/c1-19-10-6-4-3-5-9(10)7-15-12-11(20-2)13(18-14)17-8-16-12/h3-6,8H,7,14H2,1-2H3,(H2,15,16,17,18). The number of hydrazine groups is 1. The molecule has 0 bridgehead atoms. The summed E-state index contributed by atoms with van der Waals surface area (Å²) in [5.41, 5.74) is 3.48. The number of anilines is 2. The normalized spacial score (nSPS) is 9.95. The molecule has 0 saturated carbocycles. The van der Waals surface area contributed by atoms with Gasteiger partial charge in [-0.15, -0.1) is 0 Å². The molecule has 2 aromatic rings. The van der Waals surface area contributed by atoms with E-state index in [1.807, 2.05) is 24.3 Å². The van der Waals surface area contributed by atoms with Crippen molar-refractivity contribution < 1.29 is 9.47 Å². The molecule has 0 saturated heterocycles. The highest BCUT2D eigenvalue weighted by Gasteiger charge is 2.11. The number of nitrogens with zero attached hydrogens (tertiary/aromatic N) is 2. The maximum absolute atomic E-state index is 5.38. The van der Waals surface area contributed by atoms with Crippen molar-refractivity contribution in [3.63, 3.8) is 0 Å². The van der Waals surface area contributed by atoms with Crippen LogP contribution in [0.25, 0.3) is 0 Å². The number of nitrogen functional groups attached to an aromatic ring is 1. The number of ether oxygens (including phenoxy) is 2. The number of aromatic nitrogens is 2. The van der Waals surface area contributed by atoms with E-state index >= 15 is 0 Å². The van der Waals surface area contributed by atoms with E-state index in [1.54, 1.807) is 7.11 Å². The molecule has 106 valence electrons. The lowest BCUT2D eigenvalue weighted by Crippen LogP contribution is -2.12. The van der Waals surface area contributed by atoms with E-state index in [4.69, 9.17) is 15.3 Å². The summed E-state index contributed by atoms with van der Waals surface area (Å²) in [4.78, 5) is 8.13. The van der Waals surface area contributed by atoms with Gasteiger partial charge in [-0.3, -0.25) is 0 Å². The molecule has 0 unspecified atom stereocenters. The molecule has 7 heteroatoms. The Morgan fingerprint density at radius 2 is 1.85 bits per heavy atom. The minimum atomic E-state index is 0.421. The SMILES string of the molecule is COc1ccccc1CNc1ncnc(NN)c1OC. The van der Waals surface area contributed by atoms with Gasteiger partial charge in [0.15, 0.2) is 11.6 Å². The van der Waals surface area contributed by atoms with Crippen LogP contribution in [0.4, 0.5) is 11.6 Å². The van der Waals surface area contributed by atoms with E-state index in [2.05, 4.69) is 20.7 Å². The molecule has 0 aliphatic carbocycles. The average Bonchev–Trinajstić information content (AvgIpc) is 2.52. The topological polar surface area (TPSA) is 94.3 Å². The van der Waals surface area contributed by atoms with Gasteiger partial charge in [-0.2, -0.15) is 0 Å². The minimum Gasteiger partial charge on any atom is -0.496 e. The number of nitrogens with two attached hydrogens (primary N) is 1. The fourth-order valence-corrected chi connectivity index (χ4v) is 1.82. The van der Waals surface area contributed by atoms with Crippen molar-refractivity contribution >= 4 is 11.6 Å². The summed E-state index contributed by atoms with van der Waals surface area (Å²) >= 11 is 0. The van der Waals surface area contributed by atoms with Gasteiger partial charge in [0, 0.05) is 12.1 Å². The van der Waals surface area contributed by atoms with Gasteiger partial charge in [-0.05, 0) is 6.07 Å². The van der Waals surface area contributed by atoms with Crippen molar-refractivity contribution in [2.75, 3.05) is 25.0 Å². The summed E-state index contributed by atoms with van der Waals surface area (Å²) in [6.45, 7) is 0.543. The molecule has 1 heterocycles. The molecule has 0 spiro atoms. The number of hydrogen-bond acceptors (Lipinski definition) is 7. The Labute approximate surface area is 117 Å². The Balaban J connectivity index is 2.19. The first-order valence-corrected chi connectivity index (χ1v) is 6.01. The van der Waals surface area contributed by atoms with Crippen LogP contribution in [0.1, 0.15) is 5.56 Å². The van der Waals surface area contributed by atoms with Crippen LogP contribution in [-0.2, 0) is 6.54 Å². The highest BCUT2D eigenvalue weighted by molar-refractivity contribution is 5.63. The van der Waals surface area contributed by atoms with Gasteiger partial charge < -0.3 is 20.2 Å². The number of methoxy groups -OCH3 is 2. The van der Waals surface area contributed by atoms with Gasteiger partial charge in [0.25, 0.3) is 0 Å². The van der Waals surface area contributed by atoms with Crippen LogP contribution in [0.15, 0.2) is 30.6 Å². The molecule has 0 aliphatic heterocycles. The third-order valence-electron chi connectivity index (χ3n) is 2.78. The van der Waals surface area contributed by atoms with Crippen molar-refractivity contribution in [2.24, 2.45) is 5.84 Å². The first-order valence-electron chi connectivity index (χ1n) is 6.01. The summed E-state index contributed by atoms with van der Waals surface area (Å²) in [6, 6.07) is 7.75. The largest absolute Gasteiger partial charge is 0.496 e. The summed E-state index contributed by atoms with van der Waals surface area (Å²) in [5.74, 6) is 7.63. The maximum atomic E-state index is 5.38. The molecule has 0 fully saturated rings. The molecule has 2 rings (SSSR count). The first-order chi connectivity index (χ1) is 9.80. The van der Waals surface area contributed by atoms with E-state index < -0.39 is 0 Å². The smallest absolute Gasteiger partial charge is 0.205 e. The molecule has 0 aliphatic rings. The lowest BCUT2D eigenvalue weighted by molar-refractivity contribution is 0.409. The predicted molar refractivity (Wildman–Crippen MR) is 76.7 cm³/mol. The molecule has 0 atom stereocenters. The van der Waals surface area contributed by atoms with Crippen molar-refractivity contribution in [1.82, 2.24) is 9.97 Å². The molecule has 1 aromatic heterocycles. The van der Waals surface area contributed by atoms with Crippen molar-refractivity contribution in [2.45, 2.75) is 6.54 Å². The van der Waals surface area contributed by atoms with Crippen LogP contribution in [0, 0.1) is 0 Å². The second kappa shape index (κ2) is 6.58.